The van der Waals surface area contributed by atoms with E-state index in [1.54, 1.807) is 6.20 Å². The lowest BCUT2D eigenvalue weighted by molar-refractivity contribution is -0.153. The number of nitrogens with zero attached hydrogens (tertiary/aromatic N) is 2. The Kier molecular flexibility index (Phi) is 6.64. The lowest BCUT2D eigenvalue weighted by Crippen LogP contribution is -2.36. The number of rotatable bonds is 6. The van der Waals surface area contributed by atoms with Crippen molar-refractivity contribution in [1.29, 1.82) is 0 Å². The predicted octanol–water partition coefficient (Wildman–Crippen LogP) is 5.67. The Labute approximate surface area is 193 Å². The molecule has 1 saturated carbocycles. The summed E-state index contributed by atoms with van der Waals surface area (Å²) in [6.45, 7) is 0.310. The van der Waals surface area contributed by atoms with E-state index in [4.69, 9.17) is 16.3 Å². The van der Waals surface area contributed by atoms with Gasteiger partial charge in [-0.1, -0.05) is 30.9 Å². The first kappa shape index (κ1) is 23.2. The second-order valence-electron chi connectivity index (χ2n) is 8.10. The minimum Gasteiger partial charge on any atom is -0.483 e. The number of nitrogens with one attached hydrogen (secondary N) is 3. The SMILES string of the molecule is Cc1cncc(Cl)c1Nc1nc2cc(OCC(F)(F)F)c(C(=O)NC3CCCCC3)cc2[nH]1. The molecule has 2 aromatic heterocycles. The van der Waals surface area contributed by atoms with Crippen molar-refractivity contribution in [3.63, 3.8) is 0 Å². The number of pyridine rings is 1. The van der Waals surface area contributed by atoms with Gasteiger partial charge in [0.1, 0.15) is 5.75 Å². The first-order valence-corrected chi connectivity index (χ1v) is 11.0. The quantitative estimate of drug-likeness (QED) is 0.422. The van der Waals surface area contributed by atoms with Crippen LogP contribution < -0.4 is 15.4 Å². The van der Waals surface area contributed by atoms with Crippen molar-refractivity contribution < 1.29 is 22.7 Å². The lowest BCUT2D eigenvalue weighted by atomic mass is 9.95. The lowest BCUT2D eigenvalue weighted by Gasteiger charge is -2.23. The van der Waals surface area contributed by atoms with Gasteiger partial charge in [-0.05, 0) is 31.4 Å². The normalized spacial score (nSPS) is 14.9. The number of imidazole rings is 1. The molecule has 1 aromatic carbocycles. The van der Waals surface area contributed by atoms with Gasteiger partial charge in [-0.2, -0.15) is 13.2 Å². The average molecular weight is 482 g/mol. The summed E-state index contributed by atoms with van der Waals surface area (Å²) in [5, 5.41) is 6.37. The Morgan fingerprint density at radius 1 is 1.24 bits per heavy atom. The first-order chi connectivity index (χ1) is 15.7. The smallest absolute Gasteiger partial charge is 0.422 e. The van der Waals surface area contributed by atoms with Crippen molar-refractivity contribution >= 4 is 40.2 Å². The average Bonchev–Trinajstić information content (AvgIpc) is 3.16. The maximum atomic E-state index is 12.9. The van der Waals surface area contributed by atoms with Crippen LogP contribution in [0.4, 0.5) is 24.8 Å². The summed E-state index contributed by atoms with van der Waals surface area (Å²) in [4.78, 5) is 24.4. The van der Waals surface area contributed by atoms with E-state index in [2.05, 4.69) is 25.6 Å². The van der Waals surface area contributed by atoms with Crippen molar-refractivity contribution in [2.24, 2.45) is 0 Å². The molecule has 0 spiro atoms. The molecule has 4 rings (SSSR count). The molecule has 2 heterocycles. The Balaban J connectivity index is 1.66. The highest BCUT2D eigenvalue weighted by Crippen LogP contribution is 2.31. The fraction of sp³-hybridized carbons (Fsp3) is 0.409. The molecule has 0 aliphatic heterocycles. The molecule has 1 amide bonds. The first-order valence-electron chi connectivity index (χ1n) is 10.6. The van der Waals surface area contributed by atoms with E-state index in [0.29, 0.717) is 27.7 Å². The van der Waals surface area contributed by atoms with Gasteiger partial charge in [-0.3, -0.25) is 9.78 Å². The molecule has 0 atom stereocenters. The molecule has 3 aromatic rings. The second kappa shape index (κ2) is 9.46. The van der Waals surface area contributed by atoms with Crippen molar-refractivity contribution in [2.75, 3.05) is 11.9 Å². The van der Waals surface area contributed by atoms with Gasteiger partial charge in [0, 0.05) is 24.5 Å². The Morgan fingerprint density at radius 2 is 2.00 bits per heavy atom. The Bertz CT molecular complexity index is 1140. The Hall–Kier alpha value is -3.01. The van der Waals surface area contributed by atoms with Gasteiger partial charge in [0.25, 0.3) is 5.91 Å². The number of aromatic nitrogens is 3. The minimum atomic E-state index is -4.54. The molecule has 1 aliphatic carbocycles. The molecular formula is C22H23ClF3N5O2. The van der Waals surface area contributed by atoms with E-state index in [0.717, 1.165) is 37.7 Å². The maximum absolute atomic E-state index is 12.9. The van der Waals surface area contributed by atoms with Crippen LogP contribution in [0.1, 0.15) is 48.0 Å². The van der Waals surface area contributed by atoms with Crippen LogP contribution in [0, 0.1) is 6.92 Å². The molecule has 3 N–H and O–H groups in total. The number of ether oxygens (including phenoxy) is 1. The van der Waals surface area contributed by atoms with Crippen LogP contribution in [0.3, 0.4) is 0 Å². The number of fused-ring (bicyclic) bond motifs is 1. The molecule has 11 heteroatoms. The maximum Gasteiger partial charge on any atom is 0.422 e. The van der Waals surface area contributed by atoms with Gasteiger partial charge >= 0.3 is 6.18 Å². The van der Waals surface area contributed by atoms with Crippen molar-refractivity contribution in [3.05, 3.63) is 40.7 Å². The second-order valence-corrected chi connectivity index (χ2v) is 8.51. The van der Waals surface area contributed by atoms with Crippen LogP contribution in [0.15, 0.2) is 24.5 Å². The monoisotopic (exact) mass is 481 g/mol. The molecule has 1 aliphatic rings. The highest BCUT2D eigenvalue weighted by Gasteiger charge is 2.30. The van der Waals surface area contributed by atoms with Gasteiger partial charge in [0.2, 0.25) is 5.95 Å². The fourth-order valence-electron chi connectivity index (χ4n) is 3.87. The van der Waals surface area contributed by atoms with E-state index in [9.17, 15) is 18.0 Å². The summed E-state index contributed by atoms with van der Waals surface area (Å²) >= 11 is 6.20. The summed E-state index contributed by atoms with van der Waals surface area (Å²) in [6.07, 6.45) is 3.39. The number of hydrogen-bond donors (Lipinski definition) is 3. The van der Waals surface area contributed by atoms with E-state index in [1.807, 2.05) is 6.92 Å². The van der Waals surface area contributed by atoms with Gasteiger partial charge in [-0.25, -0.2) is 4.98 Å². The molecule has 0 bridgehead atoms. The van der Waals surface area contributed by atoms with Gasteiger partial charge in [0.05, 0.1) is 27.3 Å². The zero-order valence-corrected chi connectivity index (χ0v) is 18.6. The van der Waals surface area contributed by atoms with Crippen LogP contribution >= 0.6 is 11.6 Å². The zero-order valence-electron chi connectivity index (χ0n) is 17.9. The van der Waals surface area contributed by atoms with Gasteiger partial charge < -0.3 is 20.4 Å². The third-order valence-electron chi connectivity index (χ3n) is 5.49. The third-order valence-corrected chi connectivity index (χ3v) is 5.78. The van der Waals surface area contributed by atoms with Gasteiger partial charge in [-0.15, -0.1) is 0 Å². The number of H-pyrrole nitrogens is 1. The minimum absolute atomic E-state index is 0.00628. The molecule has 7 nitrogen and oxygen atoms in total. The molecular weight excluding hydrogens is 459 g/mol. The van der Waals surface area contributed by atoms with E-state index in [-0.39, 0.29) is 17.4 Å². The predicted molar refractivity (Wildman–Crippen MR) is 119 cm³/mol. The molecule has 176 valence electrons. The highest BCUT2D eigenvalue weighted by molar-refractivity contribution is 6.33. The van der Waals surface area contributed by atoms with Crippen LogP contribution in [-0.4, -0.2) is 39.7 Å². The summed E-state index contributed by atoms with van der Waals surface area (Å²) in [5.41, 5.74) is 2.20. The Morgan fingerprint density at radius 3 is 2.70 bits per heavy atom. The van der Waals surface area contributed by atoms with Crippen LogP contribution in [0.5, 0.6) is 5.75 Å². The standard InChI is InChI=1S/C22H23ClF3N5O2/c1-12-9-27-10-15(23)19(12)31-21-29-16-7-14(20(32)28-13-5-3-2-4-6-13)18(8-17(16)30-21)33-11-22(24,25)26/h7-10,13H,2-6,11H2,1H3,(H,28,32)(H2,27,29,30,31). The summed E-state index contributed by atoms with van der Waals surface area (Å²) in [7, 11) is 0. The van der Waals surface area contributed by atoms with E-state index >= 15 is 0 Å². The molecule has 0 radical (unpaired) electrons. The summed E-state index contributed by atoms with van der Waals surface area (Å²) < 4.78 is 43.4. The summed E-state index contributed by atoms with van der Waals surface area (Å²) in [6, 6.07) is 2.78. The molecule has 0 unspecified atom stereocenters. The van der Waals surface area contributed by atoms with Crippen LogP contribution in [0.2, 0.25) is 5.02 Å². The summed E-state index contributed by atoms with van der Waals surface area (Å²) in [5.74, 6) is -0.338. The number of aryl methyl sites for hydroxylation is 1. The highest BCUT2D eigenvalue weighted by atomic mass is 35.5. The van der Waals surface area contributed by atoms with Gasteiger partial charge in [0.15, 0.2) is 6.61 Å². The number of carbonyl (C=O) groups is 1. The topological polar surface area (TPSA) is 91.9 Å². The number of hydrogen-bond acceptors (Lipinski definition) is 5. The molecule has 0 saturated heterocycles. The molecule has 33 heavy (non-hydrogen) atoms. The number of carbonyl (C=O) groups excluding carboxylic acids is 1. The number of alkyl halides is 3. The fourth-order valence-corrected chi connectivity index (χ4v) is 4.12. The molecule has 1 fully saturated rings. The number of amides is 1. The number of benzene rings is 1. The number of anilines is 2. The van der Waals surface area contributed by atoms with E-state index in [1.165, 1.54) is 18.3 Å². The van der Waals surface area contributed by atoms with E-state index < -0.39 is 18.7 Å². The number of aromatic amines is 1. The van der Waals surface area contributed by atoms with Crippen molar-refractivity contribution in [1.82, 2.24) is 20.3 Å². The third kappa shape index (κ3) is 5.68. The van der Waals surface area contributed by atoms with Crippen molar-refractivity contribution in [3.8, 4) is 5.75 Å². The van der Waals surface area contributed by atoms with Crippen LogP contribution in [-0.2, 0) is 0 Å². The largest absolute Gasteiger partial charge is 0.483 e. The number of halogens is 4. The van der Waals surface area contributed by atoms with Crippen LogP contribution in [0.25, 0.3) is 11.0 Å². The zero-order chi connectivity index (χ0) is 23.6. The van der Waals surface area contributed by atoms with Crippen molar-refractivity contribution in [2.45, 2.75) is 51.2 Å².